The third-order valence-electron chi connectivity index (χ3n) is 5.91. The van der Waals surface area contributed by atoms with Crippen molar-refractivity contribution in [2.75, 3.05) is 17.1 Å². The molecule has 1 N–H and O–H groups in total. The van der Waals surface area contributed by atoms with Crippen molar-refractivity contribution >= 4 is 27.5 Å². The van der Waals surface area contributed by atoms with E-state index in [1.54, 1.807) is 31.2 Å². The summed E-state index contributed by atoms with van der Waals surface area (Å²) in [4.78, 5) is 28.0. The first-order chi connectivity index (χ1) is 18.3. The Bertz CT molecular complexity index is 1340. The van der Waals surface area contributed by atoms with Crippen molar-refractivity contribution in [3.63, 3.8) is 0 Å². The van der Waals surface area contributed by atoms with Crippen LogP contribution in [0.4, 0.5) is 5.69 Å². The van der Waals surface area contributed by atoms with E-state index >= 15 is 0 Å². The first kappa shape index (κ1) is 29.7. The molecule has 39 heavy (non-hydrogen) atoms. The second-order valence-electron chi connectivity index (χ2n) is 10.5. The molecule has 0 saturated carbocycles. The van der Waals surface area contributed by atoms with Crippen LogP contribution in [0, 0.1) is 0 Å². The third-order valence-corrected chi connectivity index (χ3v) is 7.05. The largest absolute Gasteiger partial charge is 0.489 e. The van der Waals surface area contributed by atoms with Crippen molar-refractivity contribution in [1.82, 2.24) is 10.2 Å². The second-order valence-corrected chi connectivity index (χ2v) is 12.4. The van der Waals surface area contributed by atoms with Gasteiger partial charge in [-0.1, -0.05) is 60.7 Å². The minimum Gasteiger partial charge on any atom is -0.489 e. The Kier molecular flexibility index (Phi) is 9.75. The molecule has 0 heterocycles. The van der Waals surface area contributed by atoms with E-state index in [0.717, 1.165) is 21.7 Å². The lowest BCUT2D eigenvalue weighted by Gasteiger charge is -2.33. The van der Waals surface area contributed by atoms with Crippen molar-refractivity contribution in [2.24, 2.45) is 0 Å². The van der Waals surface area contributed by atoms with Gasteiger partial charge >= 0.3 is 0 Å². The number of anilines is 1. The fourth-order valence-electron chi connectivity index (χ4n) is 3.90. The maximum absolute atomic E-state index is 13.6. The average Bonchev–Trinajstić information content (AvgIpc) is 2.88. The molecule has 0 spiro atoms. The highest BCUT2D eigenvalue weighted by Gasteiger charge is 2.31. The van der Waals surface area contributed by atoms with Gasteiger partial charge in [-0.3, -0.25) is 13.9 Å². The van der Waals surface area contributed by atoms with Crippen LogP contribution >= 0.6 is 0 Å². The first-order valence-corrected chi connectivity index (χ1v) is 14.6. The van der Waals surface area contributed by atoms with E-state index in [0.29, 0.717) is 18.0 Å². The summed E-state index contributed by atoms with van der Waals surface area (Å²) in [6, 6.07) is 24.7. The number of nitrogens with zero attached hydrogens (tertiary/aromatic N) is 2. The first-order valence-electron chi connectivity index (χ1n) is 12.7. The van der Waals surface area contributed by atoms with Crippen molar-refractivity contribution in [3.05, 3.63) is 96.1 Å². The molecule has 0 aliphatic carbocycles. The number of carbonyl (C=O) groups excluding carboxylic acids is 2. The molecule has 0 radical (unpaired) electrons. The van der Waals surface area contributed by atoms with Crippen LogP contribution in [-0.4, -0.2) is 49.5 Å². The molecule has 8 nitrogen and oxygen atoms in total. The molecule has 9 heteroatoms. The van der Waals surface area contributed by atoms with Gasteiger partial charge in [0, 0.05) is 12.1 Å². The van der Waals surface area contributed by atoms with Gasteiger partial charge in [0.1, 0.15) is 24.9 Å². The minimum absolute atomic E-state index is 0.155. The van der Waals surface area contributed by atoms with Gasteiger partial charge in [-0.2, -0.15) is 0 Å². The molecule has 0 aromatic heterocycles. The third kappa shape index (κ3) is 9.14. The second kappa shape index (κ2) is 12.8. The zero-order chi connectivity index (χ0) is 28.6. The molecule has 0 fully saturated rings. The normalized spacial score (nSPS) is 12.3. The van der Waals surface area contributed by atoms with Crippen LogP contribution in [0.15, 0.2) is 84.9 Å². The van der Waals surface area contributed by atoms with Gasteiger partial charge in [-0.15, -0.1) is 0 Å². The van der Waals surface area contributed by atoms with Gasteiger partial charge in [0.2, 0.25) is 21.8 Å². The summed E-state index contributed by atoms with van der Waals surface area (Å²) in [6.07, 6.45) is 1.05. The minimum atomic E-state index is -3.82. The van der Waals surface area contributed by atoms with Crippen LogP contribution in [0.1, 0.15) is 38.8 Å². The van der Waals surface area contributed by atoms with Crippen LogP contribution in [0.5, 0.6) is 5.75 Å². The Balaban J connectivity index is 1.81. The molecule has 3 aromatic rings. The van der Waals surface area contributed by atoms with E-state index in [1.165, 1.54) is 4.90 Å². The van der Waals surface area contributed by atoms with Crippen molar-refractivity contribution in [1.29, 1.82) is 0 Å². The number of hydrogen-bond acceptors (Lipinski definition) is 5. The van der Waals surface area contributed by atoms with Crippen LogP contribution < -0.4 is 14.4 Å². The summed E-state index contributed by atoms with van der Waals surface area (Å²) in [5.74, 6) is -0.247. The fraction of sp³-hybridized carbons (Fsp3) is 0.333. The Morgan fingerprint density at radius 2 is 1.41 bits per heavy atom. The number of carbonyl (C=O) groups is 2. The van der Waals surface area contributed by atoms with E-state index in [2.05, 4.69) is 5.32 Å². The molecular formula is C30H37N3O5S. The monoisotopic (exact) mass is 551 g/mol. The standard InChI is InChI=1S/C30H37N3O5S/c1-23(29(35)31-30(2,3)4)32(20-24-12-8-6-9-13-24)28(34)21-33(39(5,36)37)26-16-18-27(19-17-26)38-22-25-14-10-7-11-15-25/h6-19,23H,20-22H2,1-5H3,(H,31,35). The molecule has 0 aliphatic rings. The zero-order valence-electron chi connectivity index (χ0n) is 23.1. The van der Waals surface area contributed by atoms with Gasteiger partial charge < -0.3 is 15.0 Å². The maximum Gasteiger partial charge on any atom is 0.244 e. The molecule has 3 rings (SSSR count). The van der Waals surface area contributed by atoms with E-state index in [-0.39, 0.29) is 12.5 Å². The number of benzene rings is 3. The Morgan fingerprint density at radius 3 is 1.92 bits per heavy atom. The smallest absolute Gasteiger partial charge is 0.244 e. The highest BCUT2D eigenvalue weighted by molar-refractivity contribution is 7.92. The highest BCUT2D eigenvalue weighted by Crippen LogP contribution is 2.23. The molecule has 1 unspecified atom stereocenters. The topological polar surface area (TPSA) is 96.0 Å². The van der Waals surface area contributed by atoms with Crippen LogP contribution in [0.3, 0.4) is 0 Å². The molecule has 3 aromatic carbocycles. The Hall–Kier alpha value is -3.85. The van der Waals surface area contributed by atoms with Crippen LogP contribution in [0.2, 0.25) is 0 Å². The summed E-state index contributed by atoms with van der Waals surface area (Å²) in [5, 5.41) is 2.91. The lowest BCUT2D eigenvalue weighted by Crippen LogP contribution is -2.54. The number of ether oxygens (including phenoxy) is 1. The van der Waals surface area contributed by atoms with E-state index in [1.807, 2.05) is 81.4 Å². The fourth-order valence-corrected chi connectivity index (χ4v) is 4.75. The summed E-state index contributed by atoms with van der Waals surface area (Å²) >= 11 is 0. The van der Waals surface area contributed by atoms with Gasteiger partial charge in [0.05, 0.1) is 11.9 Å². The quantitative estimate of drug-likeness (QED) is 0.382. The number of hydrogen-bond donors (Lipinski definition) is 1. The van der Waals surface area contributed by atoms with Crippen molar-refractivity contribution in [3.8, 4) is 5.75 Å². The van der Waals surface area contributed by atoms with Crippen molar-refractivity contribution in [2.45, 2.75) is 52.4 Å². The molecule has 208 valence electrons. The summed E-state index contributed by atoms with van der Waals surface area (Å²) < 4.78 is 32.4. The van der Waals surface area contributed by atoms with Gasteiger partial charge in [-0.25, -0.2) is 8.42 Å². The number of rotatable bonds is 11. The van der Waals surface area contributed by atoms with E-state index < -0.39 is 34.1 Å². The van der Waals surface area contributed by atoms with Crippen molar-refractivity contribution < 1.29 is 22.7 Å². The molecule has 0 bridgehead atoms. The number of amides is 2. The molecule has 2 amide bonds. The average molecular weight is 552 g/mol. The number of nitrogens with one attached hydrogen (secondary N) is 1. The maximum atomic E-state index is 13.6. The lowest BCUT2D eigenvalue weighted by molar-refractivity contribution is -0.140. The van der Waals surface area contributed by atoms with Gasteiger partial charge in [0.25, 0.3) is 0 Å². The zero-order valence-corrected chi connectivity index (χ0v) is 23.9. The predicted molar refractivity (Wildman–Crippen MR) is 154 cm³/mol. The molecular weight excluding hydrogens is 514 g/mol. The van der Waals surface area contributed by atoms with E-state index in [4.69, 9.17) is 4.74 Å². The lowest BCUT2D eigenvalue weighted by atomic mass is 10.1. The Morgan fingerprint density at radius 1 is 0.872 bits per heavy atom. The molecule has 0 saturated heterocycles. The summed E-state index contributed by atoms with van der Waals surface area (Å²) in [6.45, 7) is 7.30. The van der Waals surface area contributed by atoms with Crippen LogP contribution in [0.25, 0.3) is 0 Å². The predicted octanol–water partition coefficient (Wildman–Crippen LogP) is 4.36. The molecule has 1 atom stereocenters. The van der Waals surface area contributed by atoms with E-state index in [9.17, 15) is 18.0 Å². The Labute approximate surface area is 231 Å². The van der Waals surface area contributed by atoms with Crippen LogP contribution in [-0.2, 0) is 32.8 Å². The summed E-state index contributed by atoms with van der Waals surface area (Å²) in [7, 11) is -3.82. The number of sulfonamides is 1. The van der Waals surface area contributed by atoms with Gasteiger partial charge in [0.15, 0.2) is 0 Å². The van der Waals surface area contributed by atoms with Gasteiger partial charge in [-0.05, 0) is 63.1 Å². The summed E-state index contributed by atoms with van der Waals surface area (Å²) in [5.41, 5.74) is 1.67. The highest BCUT2D eigenvalue weighted by atomic mass is 32.2. The molecule has 0 aliphatic heterocycles. The SMILES string of the molecule is CC(C(=O)NC(C)(C)C)N(Cc1ccccc1)C(=O)CN(c1ccc(OCc2ccccc2)cc1)S(C)(=O)=O.